The molecule has 0 bridgehead atoms. The summed E-state index contributed by atoms with van der Waals surface area (Å²) < 4.78 is 27.1. The van der Waals surface area contributed by atoms with E-state index in [-0.39, 0.29) is 22.5 Å². The SMILES string of the molecule is CC(C)(CN)NC(=O)c1cccc(NS(=O)(=O)c2cccs2)c1.Cl. The van der Waals surface area contributed by atoms with E-state index in [0.29, 0.717) is 17.8 Å². The van der Waals surface area contributed by atoms with Gasteiger partial charge < -0.3 is 11.1 Å². The zero-order chi connectivity index (χ0) is 17.1. The van der Waals surface area contributed by atoms with Crippen LogP contribution in [-0.4, -0.2) is 26.4 Å². The molecule has 9 heteroatoms. The quantitative estimate of drug-likeness (QED) is 0.706. The molecule has 0 unspecified atom stereocenters. The molecule has 0 fully saturated rings. The van der Waals surface area contributed by atoms with Crippen molar-refractivity contribution in [2.75, 3.05) is 11.3 Å². The Labute approximate surface area is 151 Å². The summed E-state index contributed by atoms with van der Waals surface area (Å²) in [6.45, 7) is 3.92. The van der Waals surface area contributed by atoms with Crippen LogP contribution < -0.4 is 15.8 Å². The average molecular weight is 390 g/mol. The molecule has 0 aliphatic carbocycles. The van der Waals surface area contributed by atoms with Crippen molar-refractivity contribution in [3.8, 4) is 0 Å². The number of benzene rings is 1. The van der Waals surface area contributed by atoms with Gasteiger partial charge in [0.05, 0.1) is 0 Å². The van der Waals surface area contributed by atoms with Gasteiger partial charge in [0.25, 0.3) is 15.9 Å². The number of hydrogen-bond acceptors (Lipinski definition) is 5. The van der Waals surface area contributed by atoms with Crippen LogP contribution in [0.4, 0.5) is 5.69 Å². The Morgan fingerprint density at radius 3 is 2.54 bits per heavy atom. The molecule has 0 aliphatic rings. The number of nitrogens with one attached hydrogen (secondary N) is 2. The summed E-state index contributed by atoms with van der Waals surface area (Å²) >= 11 is 1.13. The number of rotatable bonds is 6. The van der Waals surface area contributed by atoms with Crippen molar-refractivity contribution >= 4 is 45.4 Å². The van der Waals surface area contributed by atoms with Gasteiger partial charge in [0, 0.05) is 23.3 Å². The molecule has 0 aliphatic heterocycles. The number of amides is 1. The molecule has 1 heterocycles. The van der Waals surface area contributed by atoms with Crippen molar-refractivity contribution in [2.45, 2.75) is 23.6 Å². The van der Waals surface area contributed by atoms with Gasteiger partial charge >= 0.3 is 0 Å². The smallest absolute Gasteiger partial charge is 0.271 e. The second-order valence-corrected chi connectivity index (χ2v) is 8.52. The van der Waals surface area contributed by atoms with E-state index in [1.165, 1.54) is 12.1 Å². The van der Waals surface area contributed by atoms with Gasteiger partial charge in [0.15, 0.2) is 0 Å². The minimum atomic E-state index is -3.64. The number of thiophene rings is 1. The summed E-state index contributed by atoms with van der Waals surface area (Å²) in [5.74, 6) is -0.308. The maximum absolute atomic E-state index is 12.2. The Morgan fingerprint density at radius 1 is 1.25 bits per heavy atom. The van der Waals surface area contributed by atoms with Crippen LogP contribution in [0.3, 0.4) is 0 Å². The van der Waals surface area contributed by atoms with Gasteiger partial charge in [-0.2, -0.15) is 0 Å². The predicted molar refractivity (Wildman–Crippen MR) is 99.4 cm³/mol. The third kappa shape index (κ3) is 5.20. The number of carbonyl (C=O) groups excluding carboxylic acids is 1. The minimum Gasteiger partial charge on any atom is -0.346 e. The van der Waals surface area contributed by atoms with E-state index in [9.17, 15) is 13.2 Å². The van der Waals surface area contributed by atoms with Crippen molar-refractivity contribution in [3.05, 3.63) is 47.3 Å². The fourth-order valence-corrected chi connectivity index (χ4v) is 3.82. The highest BCUT2D eigenvalue weighted by Gasteiger charge is 2.20. The van der Waals surface area contributed by atoms with E-state index in [1.807, 2.05) is 13.8 Å². The number of halogens is 1. The summed E-state index contributed by atoms with van der Waals surface area (Å²) in [6.07, 6.45) is 0. The lowest BCUT2D eigenvalue weighted by molar-refractivity contribution is 0.0915. The summed E-state index contributed by atoms with van der Waals surface area (Å²) in [7, 11) is -3.64. The fourth-order valence-electron chi connectivity index (χ4n) is 1.78. The van der Waals surface area contributed by atoms with Crippen LogP contribution in [0.1, 0.15) is 24.2 Å². The van der Waals surface area contributed by atoms with Crippen molar-refractivity contribution in [1.82, 2.24) is 5.32 Å². The largest absolute Gasteiger partial charge is 0.346 e. The molecule has 0 spiro atoms. The monoisotopic (exact) mass is 389 g/mol. The van der Waals surface area contributed by atoms with E-state index < -0.39 is 15.6 Å². The van der Waals surface area contributed by atoms with Crippen molar-refractivity contribution in [3.63, 3.8) is 0 Å². The molecule has 2 rings (SSSR count). The molecule has 132 valence electrons. The van der Waals surface area contributed by atoms with Crippen molar-refractivity contribution in [1.29, 1.82) is 0 Å². The van der Waals surface area contributed by atoms with E-state index >= 15 is 0 Å². The maximum atomic E-state index is 12.2. The van der Waals surface area contributed by atoms with Crippen LogP contribution in [0, 0.1) is 0 Å². The predicted octanol–water partition coefficient (Wildman–Crippen LogP) is 2.44. The molecule has 1 aromatic heterocycles. The molecule has 24 heavy (non-hydrogen) atoms. The Bertz CT molecular complexity index is 790. The zero-order valence-corrected chi connectivity index (χ0v) is 15.7. The van der Waals surface area contributed by atoms with Gasteiger partial charge in [-0.1, -0.05) is 12.1 Å². The van der Waals surface area contributed by atoms with Crippen LogP contribution >= 0.6 is 23.7 Å². The van der Waals surface area contributed by atoms with Gasteiger partial charge in [-0.3, -0.25) is 9.52 Å². The van der Waals surface area contributed by atoms with Gasteiger partial charge in [-0.15, -0.1) is 23.7 Å². The normalized spacial score (nSPS) is 11.5. The number of anilines is 1. The minimum absolute atomic E-state index is 0. The Hall–Kier alpha value is -1.61. The van der Waals surface area contributed by atoms with Gasteiger partial charge in [-0.25, -0.2) is 8.42 Å². The van der Waals surface area contributed by atoms with Crippen LogP contribution in [-0.2, 0) is 10.0 Å². The molecule has 0 saturated carbocycles. The molecule has 6 nitrogen and oxygen atoms in total. The second-order valence-electron chi connectivity index (χ2n) is 5.66. The van der Waals surface area contributed by atoms with Crippen LogP contribution in [0.25, 0.3) is 0 Å². The zero-order valence-electron chi connectivity index (χ0n) is 13.3. The summed E-state index contributed by atoms with van der Waals surface area (Å²) in [6, 6.07) is 9.51. The van der Waals surface area contributed by atoms with E-state index in [0.717, 1.165) is 11.3 Å². The highest BCUT2D eigenvalue weighted by molar-refractivity contribution is 7.94. The highest BCUT2D eigenvalue weighted by atomic mass is 35.5. The van der Waals surface area contributed by atoms with Crippen molar-refractivity contribution < 1.29 is 13.2 Å². The number of hydrogen-bond donors (Lipinski definition) is 3. The standard InChI is InChI=1S/C15H19N3O3S2.ClH/c1-15(2,10-16)17-14(19)11-5-3-6-12(9-11)18-23(20,21)13-7-4-8-22-13;/h3-9,18H,10,16H2,1-2H3,(H,17,19);1H. The highest BCUT2D eigenvalue weighted by Crippen LogP contribution is 2.21. The molecular weight excluding hydrogens is 370 g/mol. The molecule has 1 aromatic carbocycles. The molecule has 1 amide bonds. The lowest BCUT2D eigenvalue weighted by atomic mass is 10.1. The average Bonchev–Trinajstić information content (AvgIpc) is 3.02. The maximum Gasteiger partial charge on any atom is 0.271 e. The Balaban J connectivity index is 0.00000288. The molecule has 2 aromatic rings. The molecule has 0 saturated heterocycles. The van der Waals surface area contributed by atoms with Crippen molar-refractivity contribution in [2.24, 2.45) is 5.73 Å². The second kappa shape index (κ2) is 7.98. The van der Waals surface area contributed by atoms with Crippen LogP contribution in [0.15, 0.2) is 46.0 Å². The third-order valence-electron chi connectivity index (χ3n) is 3.10. The number of carbonyl (C=O) groups is 1. The number of sulfonamides is 1. The van der Waals surface area contributed by atoms with Gasteiger partial charge in [-0.05, 0) is 43.5 Å². The molecule has 4 N–H and O–H groups in total. The third-order valence-corrected chi connectivity index (χ3v) is 5.88. The molecule has 0 atom stereocenters. The van der Waals surface area contributed by atoms with Gasteiger partial charge in [0.1, 0.15) is 4.21 Å². The Kier molecular flexibility index (Phi) is 6.79. The first-order valence-corrected chi connectivity index (χ1v) is 9.29. The lowest BCUT2D eigenvalue weighted by Crippen LogP contribution is -2.48. The lowest BCUT2D eigenvalue weighted by Gasteiger charge is -2.24. The first-order chi connectivity index (χ1) is 10.7. The molecule has 0 radical (unpaired) electrons. The summed E-state index contributed by atoms with van der Waals surface area (Å²) in [5.41, 5.74) is 5.75. The summed E-state index contributed by atoms with van der Waals surface area (Å²) in [5, 5.41) is 4.49. The van der Waals surface area contributed by atoms with Crippen LogP contribution in [0.2, 0.25) is 0 Å². The Morgan fingerprint density at radius 2 is 1.96 bits per heavy atom. The first-order valence-electron chi connectivity index (χ1n) is 6.92. The van der Waals surface area contributed by atoms with Gasteiger partial charge in [0.2, 0.25) is 0 Å². The van der Waals surface area contributed by atoms with E-state index in [2.05, 4.69) is 10.0 Å². The topological polar surface area (TPSA) is 101 Å². The summed E-state index contributed by atoms with van der Waals surface area (Å²) in [4.78, 5) is 12.2. The molecular formula is C15H20ClN3O3S2. The number of nitrogens with two attached hydrogens (primary N) is 1. The van der Waals surface area contributed by atoms with Crippen LogP contribution in [0.5, 0.6) is 0 Å². The van der Waals surface area contributed by atoms with E-state index in [4.69, 9.17) is 5.73 Å². The van der Waals surface area contributed by atoms with E-state index in [1.54, 1.807) is 29.6 Å². The first kappa shape index (κ1) is 20.4. The fraction of sp³-hybridized carbons (Fsp3) is 0.267.